The molecule has 2 N–H and O–H groups in total. The van der Waals surface area contributed by atoms with E-state index in [1.165, 1.54) is 4.90 Å². The number of anilines is 1. The lowest BCUT2D eigenvalue weighted by atomic mass is 10.3. The molecule has 0 unspecified atom stereocenters. The Hall–Kier alpha value is -1.41. The van der Waals surface area contributed by atoms with E-state index in [9.17, 15) is 13.2 Å². The lowest BCUT2D eigenvalue weighted by Gasteiger charge is -2.35. The standard InChI is InChI=1S/C11H16F3N5/c12-11(13,14)8-18-1-3-19(4-2-18)10-7-16-6-9(5-15)17-10/h6-7H,1-5,8,15H2. The summed E-state index contributed by atoms with van der Waals surface area (Å²) in [6.45, 7) is 1.21. The first kappa shape index (κ1) is 14.0. The van der Waals surface area contributed by atoms with E-state index in [1.807, 2.05) is 4.90 Å². The van der Waals surface area contributed by atoms with Crippen molar-refractivity contribution in [1.29, 1.82) is 0 Å². The van der Waals surface area contributed by atoms with E-state index < -0.39 is 12.7 Å². The zero-order valence-electron chi connectivity index (χ0n) is 10.4. The summed E-state index contributed by atoms with van der Waals surface area (Å²) in [7, 11) is 0. The monoisotopic (exact) mass is 275 g/mol. The van der Waals surface area contributed by atoms with E-state index in [4.69, 9.17) is 5.73 Å². The van der Waals surface area contributed by atoms with Crippen molar-refractivity contribution < 1.29 is 13.2 Å². The van der Waals surface area contributed by atoms with Crippen molar-refractivity contribution in [3.63, 3.8) is 0 Å². The van der Waals surface area contributed by atoms with E-state index in [1.54, 1.807) is 12.4 Å². The normalized spacial score (nSPS) is 17.8. The molecule has 0 aromatic carbocycles. The van der Waals surface area contributed by atoms with Gasteiger partial charge in [0, 0.05) is 38.9 Å². The summed E-state index contributed by atoms with van der Waals surface area (Å²) in [5.41, 5.74) is 6.16. The van der Waals surface area contributed by atoms with Crippen molar-refractivity contribution >= 4 is 5.82 Å². The van der Waals surface area contributed by atoms with Gasteiger partial charge in [0.2, 0.25) is 0 Å². The summed E-state index contributed by atoms with van der Waals surface area (Å²) in [5.74, 6) is 0.676. The smallest absolute Gasteiger partial charge is 0.353 e. The van der Waals surface area contributed by atoms with Gasteiger partial charge in [-0.3, -0.25) is 9.88 Å². The van der Waals surface area contributed by atoms with Crippen molar-refractivity contribution in [1.82, 2.24) is 14.9 Å². The zero-order chi connectivity index (χ0) is 13.9. The van der Waals surface area contributed by atoms with Crippen molar-refractivity contribution in [2.75, 3.05) is 37.6 Å². The summed E-state index contributed by atoms with van der Waals surface area (Å²) >= 11 is 0. The first-order valence-corrected chi connectivity index (χ1v) is 6.03. The van der Waals surface area contributed by atoms with Crippen LogP contribution in [-0.4, -0.2) is 53.8 Å². The van der Waals surface area contributed by atoms with Gasteiger partial charge in [0.05, 0.1) is 18.4 Å². The van der Waals surface area contributed by atoms with Gasteiger partial charge in [0.1, 0.15) is 5.82 Å². The number of nitrogens with zero attached hydrogens (tertiary/aromatic N) is 4. The minimum atomic E-state index is -4.14. The molecule has 2 heterocycles. The Labute approximate surface area is 109 Å². The second kappa shape index (κ2) is 5.70. The van der Waals surface area contributed by atoms with E-state index in [0.717, 1.165) is 0 Å². The molecule has 0 saturated carbocycles. The summed E-state index contributed by atoms with van der Waals surface area (Å²) in [4.78, 5) is 11.7. The van der Waals surface area contributed by atoms with Gasteiger partial charge in [0.25, 0.3) is 0 Å². The molecule has 106 valence electrons. The van der Waals surface area contributed by atoms with Crippen LogP contribution in [-0.2, 0) is 6.54 Å². The quantitative estimate of drug-likeness (QED) is 0.876. The van der Waals surface area contributed by atoms with Gasteiger partial charge in [-0.15, -0.1) is 0 Å². The van der Waals surface area contributed by atoms with Gasteiger partial charge in [-0.1, -0.05) is 0 Å². The van der Waals surface area contributed by atoms with Gasteiger partial charge in [-0.05, 0) is 0 Å². The SMILES string of the molecule is NCc1cncc(N2CCN(CC(F)(F)F)CC2)n1. The maximum Gasteiger partial charge on any atom is 0.401 e. The lowest BCUT2D eigenvalue weighted by Crippen LogP contribution is -2.49. The third-order valence-electron chi connectivity index (χ3n) is 2.98. The van der Waals surface area contributed by atoms with Crippen LogP contribution in [0.15, 0.2) is 12.4 Å². The third kappa shape index (κ3) is 4.03. The summed E-state index contributed by atoms with van der Waals surface area (Å²) in [6, 6.07) is 0. The molecule has 1 aliphatic rings. The van der Waals surface area contributed by atoms with Gasteiger partial charge in [-0.2, -0.15) is 13.2 Å². The van der Waals surface area contributed by atoms with E-state index in [-0.39, 0.29) is 0 Å². The number of halogens is 3. The van der Waals surface area contributed by atoms with Crippen molar-refractivity contribution in [3.05, 3.63) is 18.1 Å². The zero-order valence-corrected chi connectivity index (χ0v) is 10.4. The van der Waals surface area contributed by atoms with Gasteiger partial charge < -0.3 is 10.6 Å². The Morgan fingerprint density at radius 3 is 2.42 bits per heavy atom. The summed E-state index contributed by atoms with van der Waals surface area (Å²) < 4.78 is 36.8. The number of nitrogens with two attached hydrogens (primary N) is 1. The number of rotatable bonds is 3. The highest BCUT2D eigenvalue weighted by Gasteiger charge is 2.32. The second-order valence-electron chi connectivity index (χ2n) is 4.45. The van der Waals surface area contributed by atoms with Crippen LogP contribution in [0, 0.1) is 0 Å². The molecule has 0 aliphatic carbocycles. The fourth-order valence-corrected chi connectivity index (χ4v) is 2.03. The summed E-state index contributed by atoms with van der Waals surface area (Å²) in [6.07, 6.45) is -0.941. The molecule has 0 radical (unpaired) electrons. The third-order valence-corrected chi connectivity index (χ3v) is 2.98. The predicted octanol–water partition coefficient (Wildman–Crippen LogP) is 0.620. The van der Waals surface area contributed by atoms with Crippen LogP contribution in [0.2, 0.25) is 0 Å². The van der Waals surface area contributed by atoms with Crippen LogP contribution in [0.3, 0.4) is 0 Å². The van der Waals surface area contributed by atoms with Crippen LogP contribution in [0.5, 0.6) is 0 Å². The molecule has 1 saturated heterocycles. The molecule has 1 aliphatic heterocycles. The Kier molecular flexibility index (Phi) is 4.20. The fraction of sp³-hybridized carbons (Fsp3) is 0.636. The van der Waals surface area contributed by atoms with Crippen molar-refractivity contribution in [2.24, 2.45) is 5.73 Å². The molecular weight excluding hydrogens is 259 g/mol. The average molecular weight is 275 g/mol. The van der Waals surface area contributed by atoms with Crippen molar-refractivity contribution in [2.45, 2.75) is 12.7 Å². The Morgan fingerprint density at radius 1 is 1.16 bits per heavy atom. The molecule has 0 amide bonds. The van der Waals surface area contributed by atoms with Crippen LogP contribution in [0.1, 0.15) is 5.69 Å². The van der Waals surface area contributed by atoms with Crippen LogP contribution in [0.4, 0.5) is 19.0 Å². The Balaban J connectivity index is 1.92. The lowest BCUT2D eigenvalue weighted by molar-refractivity contribution is -0.146. The molecule has 8 heteroatoms. The molecule has 19 heavy (non-hydrogen) atoms. The molecule has 0 spiro atoms. The number of hydrogen-bond acceptors (Lipinski definition) is 5. The van der Waals surface area contributed by atoms with Crippen molar-refractivity contribution in [3.8, 4) is 0 Å². The second-order valence-corrected chi connectivity index (χ2v) is 4.45. The molecule has 2 rings (SSSR count). The van der Waals surface area contributed by atoms with Crippen LogP contribution < -0.4 is 10.6 Å². The maximum atomic E-state index is 12.3. The molecule has 5 nitrogen and oxygen atoms in total. The maximum absolute atomic E-state index is 12.3. The highest BCUT2D eigenvalue weighted by atomic mass is 19.4. The van der Waals surface area contributed by atoms with E-state index in [0.29, 0.717) is 44.2 Å². The van der Waals surface area contributed by atoms with Crippen LogP contribution >= 0.6 is 0 Å². The number of hydrogen-bond donors (Lipinski definition) is 1. The molecule has 1 fully saturated rings. The molecule has 1 aromatic rings. The van der Waals surface area contributed by atoms with E-state index in [2.05, 4.69) is 9.97 Å². The number of piperazine rings is 1. The Morgan fingerprint density at radius 2 is 1.84 bits per heavy atom. The number of aromatic nitrogens is 2. The number of alkyl halides is 3. The molecule has 0 atom stereocenters. The van der Waals surface area contributed by atoms with Gasteiger partial charge >= 0.3 is 6.18 Å². The highest BCUT2D eigenvalue weighted by Crippen LogP contribution is 2.19. The minimum absolute atomic E-state index is 0.300. The Bertz CT molecular complexity index is 415. The minimum Gasteiger partial charge on any atom is -0.353 e. The molecule has 1 aromatic heterocycles. The highest BCUT2D eigenvalue weighted by molar-refractivity contribution is 5.37. The topological polar surface area (TPSA) is 58.3 Å². The first-order valence-electron chi connectivity index (χ1n) is 6.03. The van der Waals surface area contributed by atoms with Gasteiger partial charge in [0.15, 0.2) is 0 Å². The predicted molar refractivity (Wildman–Crippen MR) is 64.6 cm³/mol. The fourth-order valence-electron chi connectivity index (χ4n) is 2.03. The van der Waals surface area contributed by atoms with Crippen LogP contribution in [0.25, 0.3) is 0 Å². The van der Waals surface area contributed by atoms with Gasteiger partial charge in [-0.25, -0.2) is 4.98 Å². The average Bonchev–Trinajstić information content (AvgIpc) is 2.38. The summed E-state index contributed by atoms with van der Waals surface area (Å²) in [5, 5.41) is 0. The first-order chi connectivity index (χ1) is 8.98. The van der Waals surface area contributed by atoms with E-state index >= 15 is 0 Å². The molecular formula is C11H16F3N5. The largest absolute Gasteiger partial charge is 0.401 e. The molecule has 0 bridgehead atoms.